The summed E-state index contributed by atoms with van der Waals surface area (Å²) in [5.74, 6) is 0.816. The van der Waals surface area contributed by atoms with Gasteiger partial charge in [0, 0.05) is 13.1 Å². The van der Waals surface area contributed by atoms with E-state index in [1.807, 2.05) is 18.2 Å². The van der Waals surface area contributed by atoms with Crippen molar-refractivity contribution in [3.05, 3.63) is 35.9 Å². The van der Waals surface area contributed by atoms with E-state index in [1.165, 1.54) is 31.2 Å². The quantitative estimate of drug-likeness (QED) is 0.802. The van der Waals surface area contributed by atoms with Gasteiger partial charge < -0.3 is 11.1 Å². The fourth-order valence-electron chi connectivity index (χ4n) is 3.02. The predicted molar refractivity (Wildman–Crippen MR) is 82.3 cm³/mol. The third-order valence-electron chi connectivity index (χ3n) is 4.31. The number of carbonyl (C=O) groups is 1. The van der Waals surface area contributed by atoms with E-state index in [4.69, 9.17) is 5.73 Å². The maximum Gasteiger partial charge on any atom is 0.224 e. The van der Waals surface area contributed by atoms with Gasteiger partial charge in [0.2, 0.25) is 5.91 Å². The van der Waals surface area contributed by atoms with E-state index in [2.05, 4.69) is 17.4 Å². The minimum Gasteiger partial charge on any atom is -0.356 e. The van der Waals surface area contributed by atoms with Crippen molar-refractivity contribution in [3.8, 4) is 0 Å². The molecule has 1 fully saturated rings. The molecular formula is C17H26N2O. The van der Waals surface area contributed by atoms with Crippen molar-refractivity contribution in [1.82, 2.24) is 5.32 Å². The summed E-state index contributed by atoms with van der Waals surface area (Å²) in [4.78, 5) is 12.2. The molecule has 0 saturated heterocycles. The van der Waals surface area contributed by atoms with Crippen LogP contribution in [0.3, 0.4) is 0 Å². The molecule has 0 heterocycles. The lowest BCUT2D eigenvalue weighted by Crippen LogP contribution is -2.37. The van der Waals surface area contributed by atoms with Crippen LogP contribution in [0.5, 0.6) is 0 Å². The molecule has 0 aromatic heterocycles. The molecule has 110 valence electrons. The molecule has 1 atom stereocenters. The molecule has 1 aliphatic carbocycles. The topological polar surface area (TPSA) is 55.1 Å². The molecule has 1 amide bonds. The summed E-state index contributed by atoms with van der Waals surface area (Å²) in [7, 11) is 0. The van der Waals surface area contributed by atoms with Crippen molar-refractivity contribution < 1.29 is 4.79 Å². The predicted octanol–water partition coefficient (Wildman–Crippen LogP) is 2.50. The fourth-order valence-corrected chi connectivity index (χ4v) is 3.02. The van der Waals surface area contributed by atoms with Crippen LogP contribution in [-0.2, 0) is 11.2 Å². The molecular weight excluding hydrogens is 248 g/mol. The number of amides is 1. The van der Waals surface area contributed by atoms with Gasteiger partial charge in [0.15, 0.2) is 0 Å². The van der Waals surface area contributed by atoms with Gasteiger partial charge in [-0.3, -0.25) is 4.79 Å². The molecule has 3 heteroatoms. The van der Waals surface area contributed by atoms with E-state index in [0.717, 1.165) is 25.3 Å². The van der Waals surface area contributed by atoms with E-state index in [-0.39, 0.29) is 11.8 Å². The highest BCUT2D eigenvalue weighted by Crippen LogP contribution is 2.26. The van der Waals surface area contributed by atoms with Crippen molar-refractivity contribution >= 4 is 5.91 Å². The third-order valence-corrected chi connectivity index (χ3v) is 4.31. The highest BCUT2D eigenvalue weighted by Gasteiger charge is 2.18. The second kappa shape index (κ2) is 8.05. The van der Waals surface area contributed by atoms with Gasteiger partial charge in [0.05, 0.1) is 5.92 Å². The van der Waals surface area contributed by atoms with Gasteiger partial charge in [-0.2, -0.15) is 0 Å². The number of benzene rings is 1. The van der Waals surface area contributed by atoms with E-state index >= 15 is 0 Å². The molecule has 0 radical (unpaired) electrons. The van der Waals surface area contributed by atoms with Crippen molar-refractivity contribution in [2.75, 3.05) is 13.1 Å². The van der Waals surface area contributed by atoms with E-state index in [1.54, 1.807) is 0 Å². The Bertz CT molecular complexity index is 399. The molecule has 1 aliphatic rings. The Morgan fingerprint density at radius 3 is 2.60 bits per heavy atom. The first-order chi connectivity index (χ1) is 9.79. The second-order valence-corrected chi connectivity index (χ2v) is 5.85. The van der Waals surface area contributed by atoms with Gasteiger partial charge >= 0.3 is 0 Å². The normalized spacial score (nSPS) is 17.1. The van der Waals surface area contributed by atoms with Gasteiger partial charge in [0.1, 0.15) is 0 Å². The first kappa shape index (κ1) is 15.0. The van der Waals surface area contributed by atoms with Gasteiger partial charge in [-0.1, -0.05) is 56.0 Å². The van der Waals surface area contributed by atoms with E-state index < -0.39 is 0 Å². The summed E-state index contributed by atoms with van der Waals surface area (Å²) in [6, 6.07) is 10.1. The van der Waals surface area contributed by atoms with Gasteiger partial charge in [0.25, 0.3) is 0 Å². The summed E-state index contributed by atoms with van der Waals surface area (Å²) in [6.07, 6.45) is 7.23. The molecule has 1 unspecified atom stereocenters. The zero-order valence-corrected chi connectivity index (χ0v) is 12.2. The Hall–Kier alpha value is -1.35. The van der Waals surface area contributed by atoms with Gasteiger partial charge in [-0.05, 0) is 24.3 Å². The third kappa shape index (κ3) is 4.64. The van der Waals surface area contributed by atoms with Crippen LogP contribution in [-0.4, -0.2) is 19.0 Å². The van der Waals surface area contributed by atoms with Crippen LogP contribution in [0.1, 0.15) is 37.7 Å². The fraction of sp³-hybridized carbons (Fsp3) is 0.588. The molecule has 0 bridgehead atoms. The zero-order chi connectivity index (χ0) is 14.2. The van der Waals surface area contributed by atoms with Gasteiger partial charge in [-0.15, -0.1) is 0 Å². The number of hydrogen-bond donors (Lipinski definition) is 2. The van der Waals surface area contributed by atoms with Crippen LogP contribution in [0.2, 0.25) is 0 Å². The van der Waals surface area contributed by atoms with Crippen LogP contribution in [0.25, 0.3) is 0 Å². The summed E-state index contributed by atoms with van der Waals surface area (Å²) in [6.45, 7) is 1.21. The minimum atomic E-state index is -0.110. The average Bonchev–Trinajstić information content (AvgIpc) is 2.99. The van der Waals surface area contributed by atoms with Crippen LogP contribution in [0.4, 0.5) is 0 Å². The maximum atomic E-state index is 12.2. The van der Waals surface area contributed by atoms with E-state index in [0.29, 0.717) is 6.54 Å². The van der Waals surface area contributed by atoms with Gasteiger partial charge in [-0.25, -0.2) is 0 Å². The Balaban J connectivity index is 1.73. The summed E-state index contributed by atoms with van der Waals surface area (Å²) >= 11 is 0. The minimum absolute atomic E-state index is 0.106. The van der Waals surface area contributed by atoms with Crippen molar-refractivity contribution in [2.24, 2.45) is 17.6 Å². The summed E-state index contributed by atoms with van der Waals surface area (Å²) in [5, 5.41) is 3.06. The number of rotatable bonds is 7. The Morgan fingerprint density at radius 1 is 1.25 bits per heavy atom. The Labute approximate surface area is 121 Å². The molecule has 0 aliphatic heterocycles. The van der Waals surface area contributed by atoms with Crippen LogP contribution in [0.15, 0.2) is 30.3 Å². The van der Waals surface area contributed by atoms with E-state index in [9.17, 15) is 4.79 Å². The number of hydrogen-bond acceptors (Lipinski definition) is 2. The summed E-state index contributed by atoms with van der Waals surface area (Å²) in [5.41, 5.74) is 6.93. The second-order valence-electron chi connectivity index (χ2n) is 5.85. The van der Waals surface area contributed by atoms with Crippen LogP contribution < -0.4 is 11.1 Å². The lowest BCUT2D eigenvalue weighted by atomic mass is 9.98. The van der Waals surface area contributed by atoms with Crippen LogP contribution in [0, 0.1) is 11.8 Å². The first-order valence-electron chi connectivity index (χ1n) is 7.81. The standard InChI is InChI=1S/C17H26N2O/c18-13-16(12-15-8-2-1-3-9-15)17(20)19-11-10-14-6-4-5-7-14/h1-3,8-9,14,16H,4-7,10-13,18H2,(H,19,20). The molecule has 3 N–H and O–H groups in total. The molecule has 20 heavy (non-hydrogen) atoms. The first-order valence-corrected chi connectivity index (χ1v) is 7.81. The average molecular weight is 274 g/mol. The SMILES string of the molecule is NCC(Cc1ccccc1)C(=O)NCCC1CCCC1. The van der Waals surface area contributed by atoms with Crippen LogP contribution >= 0.6 is 0 Å². The number of nitrogens with two attached hydrogens (primary N) is 1. The lowest BCUT2D eigenvalue weighted by molar-refractivity contribution is -0.124. The highest BCUT2D eigenvalue weighted by atomic mass is 16.1. The zero-order valence-electron chi connectivity index (χ0n) is 12.2. The summed E-state index contributed by atoms with van der Waals surface area (Å²) < 4.78 is 0. The number of nitrogens with one attached hydrogen (secondary N) is 1. The maximum absolute atomic E-state index is 12.2. The van der Waals surface area contributed by atoms with Crippen molar-refractivity contribution in [3.63, 3.8) is 0 Å². The van der Waals surface area contributed by atoms with Crippen molar-refractivity contribution in [2.45, 2.75) is 38.5 Å². The Kier molecular flexibility index (Phi) is 6.06. The highest BCUT2D eigenvalue weighted by molar-refractivity contribution is 5.79. The Morgan fingerprint density at radius 2 is 1.95 bits per heavy atom. The molecule has 2 rings (SSSR count). The monoisotopic (exact) mass is 274 g/mol. The molecule has 0 spiro atoms. The lowest BCUT2D eigenvalue weighted by Gasteiger charge is -2.16. The largest absolute Gasteiger partial charge is 0.356 e. The molecule has 1 saturated carbocycles. The molecule has 1 aromatic carbocycles. The number of carbonyl (C=O) groups excluding carboxylic acids is 1. The molecule has 1 aromatic rings. The smallest absolute Gasteiger partial charge is 0.224 e. The van der Waals surface area contributed by atoms with Crippen molar-refractivity contribution in [1.29, 1.82) is 0 Å². The molecule has 3 nitrogen and oxygen atoms in total.